The molecule has 1 atom stereocenters. The molecule has 0 saturated carbocycles. The van der Waals surface area contributed by atoms with Crippen molar-refractivity contribution in [2.24, 2.45) is 5.92 Å². The van der Waals surface area contributed by atoms with Gasteiger partial charge < -0.3 is 20.1 Å². The van der Waals surface area contributed by atoms with E-state index in [1.807, 2.05) is 6.92 Å². The number of rotatable bonds is 9. The minimum absolute atomic E-state index is 0.375. The molecule has 7 heteroatoms. The Bertz CT molecular complexity index is 355. The molecule has 122 valence electrons. The summed E-state index contributed by atoms with van der Waals surface area (Å²) in [5, 5.41) is 11.4. The Morgan fingerprint density at radius 2 is 1.76 bits per heavy atom. The van der Waals surface area contributed by atoms with Gasteiger partial charge in [-0.25, -0.2) is 9.59 Å². The van der Waals surface area contributed by atoms with E-state index in [2.05, 4.69) is 23.9 Å². The number of amides is 2. The molecule has 0 radical (unpaired) electrons. The average Bonchev–Trinajstić information content (AvgIpc) is 2.47. The summed E-state index contributed by atoms with van der Waals surface area (Å²) in [6.45, 7) is 6.99. The Balaban J connectivity index is 4.70. The number of carboxylic acids is 1. The molecule has 7 nitrogen and oxygen atoms in total. The third-order valence-corrected chi connectivity index (χ3v) is 3.50. The van der Waals surface area contributed by atoms with Gasteiger partial charge in [0, 0.05) is 13.1 Å². The number of carbonyl (C=O) groups excluding carboxylic acids is 2. The summed E-state index contributed by atoms with van der Waals surface area (Å²) in [4.78, 5) is 35.9. The summed E-state index contributed by atoms with van der Waals surface area (Å²) >= 11 is 0. The predicted molar refractivity (Wildman–Crippen MR) is 77.9 cm³/mol. The zero-order chi connectivity index (χ0) is 16.4. The highest BCUT2D eigenvalue weighted by Gasteiger charge is 2.26. The summed E-state index contributed by atoms with van der Waals surface area (Å²) < 4.78 is 4.43. The molecule has 0 unspecified atom stereocenters. The molecule has 0 aliphatic carbocycles. The third-order valence-electron chi connectivity index (χ3n) is 3.50. The van der Waals surface area contributed by atoms with E-state index in [9.17, 15) is 14.4 Å². The van der Waals surface area contributed by atoms with Gasteiger partial charge >= 0.3 is 18.0 Å². The van der Waals surface area contributed by atoms with Crippen LogP contribution in [0.15, 0.2) is 0 Å². The van der Waals surface area contributed by atoms with E-state index in [4.69, 9.17) is 5.11 Å². The Hall–Kier alpha value is -1.79. The molecule has 0 spiro atoms. The second-order valence-electron chi connectivity index (χ2n) is 4.84. The van der Waals surface area contributed by atoms with Crippen LogP contribution in [0.25, 0.3) is 0 Å². The highest BCUT2D eigenvalue weighted by Crippen LogP contribution is 2.10. The standard InChI is InChI=1S/C14H26N2O5/c1-5-10(6-2)9-16(7-3)14(20)15-11(13(18)19)8-12(17)21-4/h10-11H,5-9H2,1-4H3,(H,15,20)(H,18,19)/t11-/m0/s1. The lowest BCUT2D eigenvalue weighted by Gasteiger charge is -2.27. The van der Waals surface area contributed by atoms with Crippen LogP contribution < -0.4 is 5.32 Å². The number of methoxy groups -OCH3 is 1. The second kappa shape index (κ2) is 10.0. The Kier molecular flexibility index (Phi) is 9.16. The first-order chi connectivity index (χ1) is 9.89. The van der Waals surface area contributed by atoms with Gasteiger partial charge in [-0.05, 0) is 12.8 Å². The Morgan fingerprint density at radius 1 is 1.19 bits per heavy atom. The number of aliphatic carboxylic acids is 1. The van der Waals surface area contributed by atoms with Crippen LogP contribution in [0.3, 0.4) is 0 Å². The normalized spacial score (nSPS) is 11.9. The molecule has 0 fully saturated rings. The quantitative estimate of drug-likeness (QED) is 0.629. The van der Waals surface area contributed by atoms with Crippen LogP contribution in [0.2, 0.25) is 0 Å². The molecule has 0 aromatic heterocycles. The maximum atomic E-state index is 12.1. The maximum Gasteiger partial charge on any atom is 0.326 e. The topological polar surface area (TPSA) is 95.9 Å². The summed E-state index contributed by atoms with van der Waals surface area (Å²) in [5.74, 6) is -1.56. The molecule has 0 rings (SSSR count). The van der Waals surface area contributed by atoms with E-state index in [-0.39, 0.29) is 6.42 Å². The molecular formula is C14H26N2O5. The highest BCUT2D eigenvalue weighted by molar-refractivity contribution is 5.86. The van der Waals surface area contributed by atoms with Crippen LogP contribution in [0.5, 0.6) is 0 Å². The van der Waals surface area contributed by atoms with Gasteiger partial charge in [0.05, 0.1) is 13.5 Å². The molecule has 0 bridgehead atoms. The number of esters is 1. The molecule has 0 saturated heterocycles. The van der Waals surface area contributed by atoms with Crippen molar-refractivity contribution in [2.45, 2.75) is 46.1 Å². The molecule has 2 amide bonds. The fourth-order valence-electron chi connectivity index (χ4n) is 1.90. The van der Waals surface area contributed by atoms with Gasteiger partial charge in [0.2, 0.25) is 0 Å². The van der Waals surface area contributed by atoms with Crippen molar-refractivity contribution >= 4 is 18.0 Å². The SMILES string of the molecule is CCC(CC)CN(CC)C(=O)N[C@@H](CC(=O)OC)C(=O)O. The number of ether oxygens (including phenoxy) is 1. The van der Waals surface area contributed by atoms with E-state index in [1.165, 1.54) is 7.11 Å². The lowest BCUT2D eigenvalue weighted by Crippen LogP contribution is -2.49. The van der Waals surface area contributed by atoms with Crippen LogP contribution in [-0.4, -0.2) is 54.2 Å². The van der Waals surface area contributed by atoms with Crippen molar-refractivity contribution in [1.82, 2.24) is 10.2 Å². The maximum absolute atomic E-state index is 12.1. The van der Waals surface area contributed by atoms with Gasteiger partial charge in [0.15, 0.2) is 0 Å². The van der Waals surface area contributed by atoms with E-state index in [0.29, 0.717) is 19.0 Å². The van der Waals surface area contributed by atoms with Gasteiger partial charge in [-0.2, -0.15) is 0 Å². The highest BCUT2D eigenvalue weighted by atomic mass is 16.5. The van der Waals surface area contributed by atoms with Gasteiger partial charge in [0.25, 0.3) is 0 Å². The number of carboxylic acid groups (broad SMARTS) is 1. The fourth-order valence-corrected chi connectivity index (χ4v) is 1.90. The third kappa shape index (κ3) is 6.97. The number of nitrogens with one attached hydrogen (secondary N) is 1. The summed E-state index contributed by atoms with van der Waals surface area (Å²) in [6, 6.07) is -1.75. The zero-order valence-corrected chi connectivity index (χ0v) is 13.2. The summed E-state index contributed by atoms with van der Waals surface area (Å²) in [5.41, 5.74) is 0. The van der Waals surface area contributed by atoms with E-state index in [1.54, 1.807) is 4.90 Å². The first kappa shape index (κ1) is 19.2. The minimum atomic E-state index is -1.28. The number of hydrogen-bond acceptors (Lipinski definition) is 4. The molecule has 0 aliphatic heterocycles. The van der Waals surface area contributed by atoms with Crippen molar-refractivity contribution in [3.63, 3.8) is 0 Å². The molecule has 0 aliphatic rings. The zero-order valence-electron chi connectivity index (χ0n) is 13.2. The van der Waals surface area contributed by atoms with Crippen molar-refractivity contribution in [3.8, 4) is 0 Å². The average molecular weight is 302 g/mol. The van der Waals surface area contributed by atoms with Crippen LogP contribution in [0, 0.1) is 5.92 Å². The fraction of sp³-hybridized carbons (Fsp3) is 0.786. The van der Waals surface area contributed by atoms with Crippen molar-refractivity contribution < 1.29 is 24.2 Å². The van der Waals surface area contributed by atoms with E-state index >= 15 is 0 Å². The number of nitrogens with zero attached hydrogens (tertiary/aromatic N) is 1. The second-order valence-corrected chi connectivity index (χ2v) is 4.84. The van der Waals surface area contributed by atoms with Crippen molar-refractivity contribution in [3.05, 3.63) is 0 Å². The number of hydrogen-bond donors (Lipinski definition) is 2. The first-order valence-corrected chi connectivity index (χ1v) is 7.24. The molecule has 21 heavy (non-hydrogen) atoms. The molecule has 0 aromatic rings. The van der Waals surface area contributed by atoms with E-state index < -0.39 is 24.0 Å². The van der Waals surface area contributed by atoms with Gasteiger partial charge in [-0.3, -0.25) is 4.79 Å². The number of urea groups is 1. The monoisotopic (exact) mass is 302 g/mol. The van der Waals surface area contributed by atoms with Crippen LogP contribution in [0.4, 0.5) is 4.79 Å². The van der Waals surface area contributed by atoms with Gasteiger partial charge in [-0.15, -0.1) is 0 Å². The lowest BCUT2D eigenvalue weighted by atomic mass is 10.0. The molecule has 2 N–H and O–H groups in total. The minimum Gasteiger partial charge on any atom is -0.480 e. The molecule has 0 aromatic carbocycles. The van der Waals surface area contributed by atoms with Crippen LogP contribution >= 0.6 is 0 Å². The Morgan fingerprint density at radius 3 is 2.14 bits per heavy atom. The number of carbonyl (C=O) groups is 3. The molecule has 0 heterocycles. The summed E-state index contributed by atoms with van der Waals surface area (Å²) in [6.07, 6.45) is 1.51. The van der Waals surface area contributed by atoms with Gasteiger partial charge in [-0.1, -0.05) is 26.7 Å². The predicted octanol–water partition coefficient (Wildman–Crippen LogP) is 1.47. The Labute approximate surface area is 125 Å². The van der Waals surface area contributed by atoms with E-state index in [0.717, 1.165) is 12.8 Å². The smallest absolute Gasteiger partial charge is 0.326 e. The summed E-state index contributed by atoms with van der Waals surface area (Å²) in [7, 11) is 1.18. The molecular weight excluding hydrogens is 276 g/mol. The largest absolute Gasteiger partial charge is 0.480 e. The van der Waals surface area contributed by atoms with Crippen LogP contribution in [0.1, 0.15) is 40.0 Å². The first-order valence-electron chi connectivity index (χ1n) is 7.24. The van der Waals surface area contributed by atoms with Gasteiger partial charge in [0.1, 0.15) is 6.04 Å². The van der Waals surface area contributed by atoms with Crippen molar-refractivity contribution in [2.75, 3.05) is 20.2 Å². The van der Waals surface area contributed by atoms with Crippen molar-refractivity contribution in [1.29, 1.82) is 0 Å². The lowest BCUT2D eigenvalue weighted by molar-refractivity contribution is -0.147. The van der Waals surface area contributed by atoms with Crippen LogP contribution in [-0.2, 0) is 14.3 Å².